The van der Waals surface area contributed by atoms with Gasteiger partial charge < -0.3 is 4.98 Å². The number of halogens is 4. The summed E-state index contributed by atoms with van der Waals surface area (Å²) in [6.45, 7) is 3.27. The summed E-state index contributed by atoms with van der Waals surface area (Å²) < 4.78 is 52.0. The third-order valence-corrected chi connectivity index (χ3v) is 5.41. The lowest BCUT2D eigenvalue weighted by Crippen LogP contribution is -2.35. The van der Waals surface area contributed by atoms with Gasteiger partial charge in [0.05, 0.1) is 16.8 Å². The minimum atomic E-state index is -4.42. The van der Waals surface area contributed by atoms with Gasteiger partial charge in [-0.2, -0.15) is 13.2 Å². The Balaban J connectivity index is 1.57. The van der Waals surface area contributed by atoms with Crippen molar-refractivity contribution in [3.8, 4) is 11.4 Å². The highest BCUT2D eigenvalue weighted by Gasteiger charge is 2.30. The van der Waals surface area contributed by atoms with Crippen molar-refractivity contribution in [1.29, 1.82) is 0 Å². The van der Waals surface area contributed by atoms with E-state index in [2.05, 4.69) is 14.9 Å². The van der Waals surface area contributed by atoms with Crippen molar-refractivity contribution in [2.24, 2.45) is 0 Å². The van der Waals surface area contributed by atoms with Crippen molar-refractivity contribution < 1.29 is 17.6 Å². The second-order valence-corrected chi connectivity index (χ2v) is 7.40. The fourth-order valence-corrected chi connectivity index (χ4v) is 3.63. The third kappa shape index (κ3) is 4.00. The van der Waals surface area contributed by atoms with Crippen LogP contribution in [0.5, 0.6) is 0 Å². The zero-order chi connectivity index (χ0) is 21.5. The number of nitrogens with one attached hydrogen (secondary N) is 1. The summed E-state index contributed by atoms with van der Waals surface area (Å²) in [6.07, 6.45) is -3.89. The second-order valence-electron chi connectivity index (χ2n) is 7.40. The molecule has 0 amide bonds. The number of alkyl halides is 3. The summed E-state index contributed by atoms with van der Waals surface area (Å²) in [4.78, 5) is 21.9. The Bertz CT molecular complexity index is 1140. The molecule has 3 aromatic rings. The van der Waals surface area contributed by atoms with Crippen molar-refractivity contribution in [1.82, 2.24) is 14.9 Å². The van der Waals surface area contributed by atoms with E-state index in [1.54, 1.807) is 13.0 Å². The molecular formula is C22H19F4N3O. The lowest BCUT2D eigenvalue weighted by atomic mass is 10.0. The van der Waals surface area contributed by atoms with Gasteiger partial charge in [0.25, 0.3) is 5.56 Å². The summed E-state index contributed by atoms with van der Waals surface area (Å²) in [5, 5.41) is 0. The molecule has 0 unspecified atom stereocenters. The molecule has 0 aliphatic carbocycles. The fourth-order valence-electron chi connectivity index (χ4n) is 3.63. The number of aromatic amines is 1. The van der Waals surface area contributed by atoms with Gasteiger partial charge in [-0.05, 0) is 36.2 Å². The minimum absolute atomic E-state index is 0.252. The Kier molecular flexibility index (Phi) is 5.19. The van der Waals surface area contributed by atoms with Crippen LogP contribution in [0, 0.1) is 12.7 Å². The normalized spacial score (nSPS) is 14.6. The van der Waals surface area contributed by atoms with Crippen LogP contribution in [0.4, 0.5) is 17.6 Å². The molecule has 8 heteroatoms. The molecule has 156 valence electrons. The number of rotatable bonds is 3. The van der Waals surface area contributed by atoms with Gasteiger partial charge in [0.15, 0.2) is 0 Å². The number of aromatic nitrogens is 2. The maximum absolute atomic E-state index is 13.8. The zero-order valence-corrected chi connectivity index (χ0v) is 16.2. The molecule has 1 aromatic heterocycles. The van der Waals surface area contributed by atoms with E-state index in [4.69, 9.17) is 0 Å². The topological polar surface area (TPSA) is 49.0 Å². The van der Waals surface area contributed by atoms with Gasteiger partial charge >= 0.3 is 6.18 Å². The van der Waals surface area contributed by atoms with Crippen molar-refractivity contribution in [2.75, 3.05) is 6.54 Å². The lowest BCUT2D eigenvalue weighted by molar-refractivity contribution is -0.137. The molecule has 0 saturated carbocycles. The highest BCUT2D eigenvalue weighted by atomic mass is 19.4. The lowest BCUT2D eigenvalue weighted by Gasteiger charge is -2.28. The maximum atomic E-state index is 13.8. The summed E-state index contributed by atoms with van der Waals surface area (Å²) >= 11 is 0. The van der Waals surface area contributed by atoms with Crippen LogP contribution in [0.1, 0.15) is 27.9 Å². The molecule has 2 aromatic carbocycles. The van der Waals surface area contributed by atoms with Crippen molar-refractivity contribution >= 4 is 0 Å². The third-order valence-electron chi connectivity index (χ3n) is 5.41. The van der Waals surface area contributed by atoms with Crippen molar-refractivity contribution in [2.45, 2.75) is 32.6 Å². The fraction of sp³-hybridized carbons (Fsp3) is 0.273. The first-order valence-electron chi connectivity index (χ1n) is 9.48. The first-order chi connectivity index (χ1) is 14.2. The predicted octanol–water partition coefficient (Wildman–Crippen LogP) is 4.46. The van der Waals surface area contributed by atoms with Crippen LogP contribution in [-0.4, -0.2) is 21.4 Å². The molecule has 0 fully saturated rings. The van der Waals surface area contributed by atoms with Crippen LogP contribution >= 0.6 is 0 Å². The number of fused-ring (bicyclic) bond motifs is 1. The Morgan fingerprint density at radius 3 is 2.57 bits per heavy atom. The summed E-state index contributed by atoms with van der Waals surface area (Å²) in [7, 11) is 0. The summed E-state index contributed by atoms with van der Waals surface area (Å²) in [6, 6.07) is 9.49. The van der Waals surface area contributed by atoms with E-state index < -0.39 is 11.7 Å². The molecule has 1 N–H and O–H groups in total. The molecule has 0 saturated heterocycles. The molecule has 1 aliphatic heterocycles. The molecule has 0 bridgehead atoms. The Morgan fingerprint density at radius 2 is 1.87 bits per heavy atom. The minimum Gasteiger partial charge on any atom is -0.306 e. The number of nitrogens with zero attached hydrogens (tertiary/aromatic N) is 2. The standard InChI is InChI=1S/C22H19F4N3O/c1-13-15(3-2-4-18(13)23)11-29-10-9-19-17(12-29)21(30)28-20(27-19)14-5-7-16(8-6-14)22(24,25)26/h2-8H,9-12H2,1H3,(H,27,28,30). The van der Waals surface area contributed by atoms with Gasteiger partial charge in [-0.3, -0.25) is 9.69 Å². The van der Waals surface area contributed by atoms with Crippen LogP contribution in [0.2, 0.25) is 0 Å². The highest BCUT2D eigenvalue weighted by molar-refractivity contribution is 5.56. The second kappa shape index (κ2) is 7.68. The smallest absolute Gasteiger partial charge is 0.306 e. The molecule has 0 radical (unpaired) electrons. The quantitative estimate of drug-likeness (QED) is 0.640. The van der Waals surface area contributed by atoms with Gasteiger partial charge in [0, 0.05) is 31.6 Å². The SMILES string of the molecule is Cc1c(F)cccc1CN1CCc2nc(-c3ccc(C(F)(F)F)cc3)[nH]c(=O)c2C1. The zero-order valence-electron chi connectivity index (χ0n) is 16.2. The first kappa shape index (κ1) is 20.3. The average Bonchev–Trinajstić information content (AvgIpc) is 2.71. The molecule has 30 heavy (non-hydrogen) atoms. The molecule has 1 aliphatic rings. The Morgan fingerprint density at radius 1 is 1.13 bits per heavy atom. The molecule has 2 heterocycles. The Hall–Kier alpha value is -3.00. The van der Waals surface area contributed by atoms with Gasteiger partial charge in [-0.15, -0.1) is 0 Å². The number of hydrogen-bond acceptors (Lipinski definition) is 3. The van der Waals surface area contributed by atoms with Crippen LogP contribution in [0.15, 0.2) is 47.3 Å². The molecule has 4 rings (SSSR count). The van der Waals surface area contributed by atoms with E-state index in [-0.39, 0.29) is 17.2 Å². The highest BCUT2D eigenvalue weighted by Crippen LogP contribution is 2.30. The largest absolute Gasteiger partial charge is 0.416 e. The van der Waals surface area contributed by atoms with Gasteiger partial charge in [0.1, 0.15) is 11.6 Å². The molecule has 0 spiro atoms. The van der Waals surface area contributed by atoms with Crippen LogP contribution in [-0.2, 0) is 25.7 Å². The summed E-state index contributed by atoms with van der Waals surface area (Å²) in [5.41, 5.74) is 1.98. The van der Waals surface area contributed by atoms with E-state index in [0.29, 0.717) is 48.4 Å². The first-order valence-corrected chi connectivity index (χ1v) is 9.48. The van der Waals surface area contributed by atoms with E-state index in [1.165, 1.54) is 18.2 Å². The van der Waals surface area contributed by atoms with Crippen LogP contribution < -0.4 is 5.56 Å². The van der Waals surface area contributed by atoms with Gasteiger partial charge in [-0.1, -0.05) is 24.3 Å². The van der Waals surface area contributed by atoms with E-state index in [1.807, 2.05) is 6.07 Å². The molecular weight excluding hydrogens is 398 g/mol. The van der Waals surface area contributed by atoms with E-state index >= 15 is 0 Å². The molecule has 0 atom stereocenters. The van der Waals surface area contributed by atoms with E-state index in [0.717, 1.165) is 17.7 Å². The summed E-state index contributed by atoms with van der Waals surface area (Å²) in [5.74, 6) is -0.00694. The van der Waals surface area contributed by atoms with Crippen molar-refractivity contribution in [3.05, 3.63) is 86.6 Å². The average molecular weight is 417 g/mol. The maximum Gasteiger partial charge on any atom is 0.416 e. The molecule has 4 nitrogen and oxygen atoms in total. The Labute approximate surface area is 170 Å². The predicted molar refractivity (Wildman–Crippen MR) is 104 cm³/mol. The van der Waals surface area contributed by atoms with Crippen molar-refractivity contribution in [3.63, 3.8) is 0 Å². The monoisotopic (exact) mass is 417 g/mol. The van der Waals surface area contributed by atoms with E-state index in [9.17, 15) is 22.4 Å². The van der Waals surface area contributed by atoms with Crippen LogP contribution in [0.3, 0.4) is 0 Å². The number of hydrogen-bond donors (Lipinski definition) is 1. The number of benzene rings is 2. The number of H-pyrrole nitrogens is 1. The van der Waals surface area contributed by atoms with Crippen LogP contribution in [0.25, 0.3) is 11.4 Å². The van der Waals surface area contributed by atoms with Gasteiger partial charge in [-0.25, -0.2) is 9.37 Å². The van der Waals surface area contributed by atoms with Gasteiger partial charge in [0.2, 0.25) is 0 Å².